The molecule has 1 N–H and O–H groups in total. The Labute approximate surface area is 129 Å². The second-order valence-corrected chi connectivity index (χ2v) is 5.56. The first kappa shape index (κ1) is 16.4. The number of hydrogen-bond donors (Lipinski definition) is 1. The van der Waals surface area contributed by atoms with Crippen LogP contribution in [0.15, 0.2) is 41.6 Å². The van der Waals surface area contributed by atoms with E-state index in [4.69, 9.17) is 0 Å². The topological polar surface area (TPSA) is 46.9 Å². The number of anilines is 1. The predicted molar refractivity (Wildman–Crippen MR) is 78.7 cm³/mol. The highest BCUT2D eigenvalue weighted by atomic mass is 32.2. The van der Waals surface area contributed by atoms with Gasteiger partial charge in [-0.2, -0.15) is 5.10 Å². The normalized spacial score (nSPS) is 12.4. The summed E-state index contributed by atoms with van der Waals surface area (Å²) in [5.41, 5.74) is 0.176. The number of carbonyl (C=O) groups is 1. The zero-order valence-corrected chi connectivity index (χ0v) is 12.5. The molecule has 0 saturated heterocycles. The summed E-state index contributed by atoms with van der Waals surface area (Å²) in [6.45, 7) is 1.63. The first-order valence-electron chi connectivity index (χ1n) is 6.48. The Hall–Kier alpha value is -1.96. The maximum absolute atomic E-state index is 13.3. The van der Waals surface area contributed by atoms with Gasteiger partial charge in [-0.15, -0.1) is 11.8 Å². The molecule has 2 rings (SSSR count). The van der Waals surface area contributed by atoms with E-state index in [2.05, 4.69) is 10.4 Å². The molecule has 118 valence electrons. The molecule has 1 atom stereocenters. The van der Waals surface area contributed by atoms with Crippen LogP contribution in [0.2, 0.25) is 0 Å². The van der Waals surface area contributed by atoms with Gasteiger partial charge in [-0.05, 0) is 31.2 Å². The number of nitrogens with zero attached hydrogens (tertiary/aromatic N) is 2. The third kappa shape index (κ3) is 4.27. The Balaban J connectivity index is 2.13. The summed E-state index contributed by atoms with van der Waals surface area (Å²) in [4.78, 5) is 12.6. The summed E-state index contributed by atoms with van der Waals surface area (Å²) >= 11 is 0.861. The van der Waals surface area contributed by atoms with Crippen LogP contribution >= 0.6 is 11.8 Å². The van der Waals surface area contributed by atoms with Crippen LogP contribution in [0.3, 0.4) is 0 Å². The maximum Gasteiger partial charge on any atom is 0.248 e. The van der Waals surface area contributed by atoms with E-state index in [0.717, 1.165) is 17.8 Å². The van der Waals surface area contributed by atoms with Gasteiger partial charge < -0.3 is 5.32 Å². The molecule has 2 aromatic rings. The fraction of sp³-hybridized carbons (Fsp3) is 0.286. The van der Waals surface area contributed by atoms with Crippen LogP contribution in [-0.4, -0.2) is 27.9 Å². The standard InChI is InChI=1S/C14H14F3N3OS/c1-9(20-6-2-5-18-20)14(21)19-11-7-10(15)3-4-12(11)22-8-13(16)17/h2-7,9,13H,8H2,1H3,(H,19,21). The van der Waals surface area contributed by atoms with Crippen molar-refractivity contribution in [1.29, 1.82) is 0 Å². The first-order chi connectivity index (χ1) is 10.5. The average Bonchev–Trinajstić information content (AvgIpc) is 2.99. The molecule has 0 aliphatic heterocycles. The van der Waals surface area contributed by atoms with Crippen LogP contribution in [0.5, 0.6) is 0 Å². The van der Waals surface area contributed by atoms with E-state index >= 15 is 0 Å². The molecule has 22 heavy (non-hydrogen) atoms. The molecule has 8 heteroatoms. The van der Waals surface area contributed by atoms with Crippen molar-refractivity contribution in [2.24, 2.45) is 0 Å². The quantitative estimate of drug-likeness (QED) is 0.824. The van der Waals surface area contributed by atoms with E-state index in [-0.39, 0.29) is 5.69 Å². The number of aromatic nitrogens is 2. The van der Waals surface area contributed by atoms with Gasteiger partial charge in [0, 0.05) is 17.3 Å². The van der Waals surface area contributed by atoms with Crippen molar-refractivity contribution in [2.45, 2.75) is 24.3 Å². The monoisotopic (exact) mass is 329 g/mol. The van der Waals surface area contributed by atoms with Crippen LogP contribution in [0.25, 0.3) is 0 Å². The van der Waals surface area contributed by atoms with Crippen LogP contribution in [0.4, 0.5) is 18.9 Å². The molecule has 0 saturated carbocycles. The lowest BCUT2D eigenvalue weighted by atomic mass is 10.2. The van der Waals surface area contributed by atoms with Gasteiger partial charge in [-0.1, -0.05) is 0 Å². The van der Waals surface area contributed by atoms with Gasteiger partial charge in [0.15, 0.2) is 0 Å². The van der Waals surface area contributed by atoms with Crippen molar-refractivity contribution in [3.63, 3.8) is 0 Å². The number of alkyl halides is 2. The number of benzene rings is 1. The number of rotatable bonds is 6. The molecule has 1 unspecified atom stereocenters. The molecule has 1 amide bonds. The molecule has 0 spiro atoms. The number of thioether (sulfide) groups is 1. The highest BCUT2D eigenvalue weighted by Gasteiger charge is 2.17. The molecule has 1 aromatic heterocycles. The molecule has 0 radical (unpaired) electrons. The fourth-order valence-electron chi connectivity index (χ4n) is 1.75. The molecule has 1 aromatic carbocycles. The van der Waals surface area contributed by atoms with Gasteiger partial charge >= 0.3 is 0 Å². The maximum atomic E-state index is 13.3. The smallest absolute Gasteiger partial charge is 0.248 e. The van der Waals surface area contributed by atoms with Gasteiger partial charge in [-0.3, -0.25) is 9.48 Å². The van der Waals surface area contributed by atoms with Crippen molar-refractivity contribution < 1.29 is 18.0 Å². The zero-order chi connectivity index (χ0) is 16.1. The van der Waals surface area contributed by atoms with E-state index < -0.39 is 29.9 Å². The molecular formula is C14H14F3N3OS. The zero-order valence-electron chi connectivity index (χ0n) is 11.7. The molecule has 0 bridgehead atoms. The third-order valence-electron chi connectivity index (χ3n) is 2.87. The molecular weight excluding hydrogens is 315 g/mol. The van der Waals surface area contributed by atoms with Gasteiger partial charge in [0.1, 0.15) is 11.9 Å². The van der Waals surface area contributed by atoms with E-state index in [9.17, 15) is 18.0 Å². The Morgan fingerprint density at radius 1 is 1.45 bits per heavy atom. The second kappa shape index (κ2) is 7.35. The highest BCUT2D eigenvalue weighted by Crippen LogP contribution is 2.29. The van der Waals surface area contributed by atoms with Crippen LogP contribution in [0, 0.1) is 5.82 Å². The molecule has 1 heterocycles. The van der Waals surface area contributed by atoms with E-state index in [1.54, 1.807) is 19.2 Å². The van der Waals surface area contributed by atoms with Crippen molar-refractivity contribution in [3.8, 4) is 0 Å². The van der Waals surface area contributed by atoms with Crippen LogP contribution in [-0.2, 0) is 4.79 Å². The van der Waals surface area contributed by atoms with Crippen LogP contribution < -0.4 is 5.32 Å². The number of carbonyl (C=O) groups excluding carboxylic acids is 1. The summed E-state index contributed by atoms with van der Waals surface area (Å²) in [6, 6.07) is 4.72. The minimum atomic E-state index is -2.48. The predicted octanol–water partition coefficient (Wildman–Crippen LogP) is 3.58. The van der Waals surface area contributed by atoms with E-state index in [0.29, 0.717) is 4.90 Å². The lowest BCUT2D eigenvalue weighted by Crippen LogP contribution is -2.24. The molecule has 0 aliphatic carbocycles. The second-order valence-electron chi connectivity index (χ2n) is 4.49. The number of amides is 1. The highest BCUT2D eigenvalue weighted by molar-refractivity contribution is 7.99. The summed E-state index contributed by atoms with van der Waals surface area (Å²) in [6.07, 6.45) is 0.680. The Bertz CT molecular complexity index is 634. The lowest BCUT2D eigenvalue weighted by molar-refractivity contribution is -0.119. The Morgan fingerprint density at radius 3 is 2.86 bits per heavy atom. The Kier molecular flexibility index (Phi) is 5.48. The first-order valence-corrected chi connectivity index (χ1v) is 7.46. The third-order valence-corrected chi connectivity index (χ3v) is 3.95. The average molecular weight is 329 g/mol. The minimum Gasteiger partial charge on any atom is -0.323 e. The van der Waals surface area contributed by atoms with Crippen molar-refractivity contribution >= 4 is 23.4 Å². The number of halogens is 3. The van der Waals surface area contributed by atoms with Gasteiger partial charge in [-0.25, -0.2) is 13.2 Å². The molecule has 4 nitrogen and oxygen atoms in total. The van der Waals surface area contributed by atoms with Crippen molar-refractivity contribution in [2.75, 3.05) is 11.1 Å². The van der Waals surface area contributed by atoms with Crippen molar-refractivity contribution in [3.05, 3.63) is 42.5 Å². The van der Waals surface area contributed by atoms with Gasteiger partial charge in [0.25, 0.3) is 0 Å². The van der Waals surface area contributed by atoms with Gasteiger partial charge in [0.05, 0.1) is 11.4 Å². The Morgan fingerprint density at radius 2 is 2.23 bits per heavy atom. The largest absolute Gasteiger partial charge is 0.323 e. The fourth-order valence-corrected chi connectivity index (χ4v) is 2.48. The van der Waals surface area contributed by atoms with Crippen molar-refractivity contribution in [1.82, 2.24) is 9.78 Å². The lowest BCUT2D eigenvalue weighted by Gasteiger charge is -2.15. The van der Waals surface area contributed by atoms with E-state index in [1.807, 2.05) is 0 Å². The summed E-state index contributed by atoms with van der Waals surface area (Å²) < 4.78 is 39.4. The summed E-state index contributed by atoms with van der Waals surface area (Å²) in [5, 5.41) is 6.51. The molecule has 0 aliphatic rings. The number of nitrogens with one attached hydrogen (secondary N) is 1. The number of hydrogen-bond acceptors (Lipinski definition) is 3. The van der Waals surface area contributed by atoms with Crippen LogP contribution in [0.1, 0.15) is 13.0 Å². The van der Waals surface area contributed by atoms with Gasteiger partial charge in [0.2, 0.25) is 12.3 Å². The SMILES string of the molecule is CC(C(=O)Nc1cc(F)ccc1SCC(F)F)n1cccn1. The van der Waals surface area contributed by atoms with E-state index in [1.165, 1.54) is 23.0 Å². The molecule has 0 fully saturated rings. The summed E-state index contributed by atoms with van der Waals surface area (Å²) in [5.74, 6) is -1.39. The minimum absolute atomic E-state index is 0.176. The summed E-state index contributed by atoms with van der Waals surface area (Å²) in [7, 11) is 0.